The van der Waals surface area contributed by atoms with Crippen LogP contribution in [0.1, 0.15) is 52.9 Å². The number of ether oxygens (including phenoxy) is 2. The Balaban J connectivity index is 1.91. The predicted molar refractivity (Wildman–Crippen MR) is 65.2 cm³/mol. The van der Waals surface area contributed by atoms with Gasteiger partial charge in [0.2, 0.25) is 0 Å². The lowest BCUT2D eigenvalue weighted by Crippen LogP contribution is -2.32. The van der Waals surface area contributed by atoms with Crippen molar-refractivity contribution in [3.8, 4) is 0 Å². The molecule has 0 radical (unpaired) electrons. The molecular formula is C14H24O2. The summed E-state index contributed by atoms with van der Waals surface area (Å²) in [5.41, 5.74) is 1.83. The minimum absolute atomic E-state index is 0.0386. The molecule has 1 aliphatic carbocycles. The smallest absolute Gasteiger partial charge is 0.158 e. The van der Waals surface area contributed by atoms with Crippen LogP contribution in [0.4, 0.5) is 0 Å². The average molecular weight is 224 g/mol. The van der Waals surface area contributed by atoms with Crippen molar-refractivity contribution in [3.63, 3.8) is 0 Å². The Morgan fingerprint density at radius 3 is 2.81 bits per heavy atom. The predicted octanol–water partition coefficient (Wildman–Crippen LogP) is 3.66. The first-order valence-electron chi connectivity index (χ1n) is 6.49. The Morgan fingerprint density at radius 2 is 2.19 bits per heavy atom. The van der Waals surface area contributed by atoms with Crippen molar-refractivity contribution in [3.05, 3.63) is 11.6 Å². The third kappa shape index (κ3) is 3.33. The second-order valence-electron chi connectivity index (χ2n) is 6.03. The summed E-state index contributed by atoms with van der Waals surface area (Å²) >= 11 is 0. The number of hydrogen-bond acceptors (Lipinski definition) is 2. The van der Waals surface area contributed by atoms with Crippen molar-refractivity contribution >= 4 is 0 Å². The normalized spacial score (nSPS) is 34.6. The van der Waals surface area contributed by atoms with E-state index in [1.165, 1.54) is 24.8 Å². The Morgan fingerprint density at radius 1 is 1.38 bits per heavy atom. The summed E-state index contributed by atoms with van der Waals surface area (Å²) in [5, 5.41) is 0. The van der Waals surface area contributed by atoms with E-state index < -0.39 is 0 Å². The summed E-state index contributed by atoms with van der Waals surface area (Å²) in [5.74, 6) is 0. The summed E-state index contributed by atoms with van der Waals surface area (Å²) in [6.45, 7) is 7.71. The minimum atomic E-state index is 0.0386. The molecule has 1 aliphatic heterocycles. The van der Waals surface area contributed by atoms with Gasteiger partial charge in [0.1, 0.15) is 0 Å². The molecule has 2 aliphatic rings. The van der Waals surface area contributed by atoms with Gasteiger partial charge in [-0.3, -0.25) is 0 Å². The molecule has 0 saturated carbocycles. The van der Waals surface area contributed by atoms with Crippen molar-refractivity contribution < 1.29 is 9.47 Å². The molecule has 2 rings (SSSR count). The molecule has 16 heavy (non-hydrogen) atoms. The highest BCUT2D eigenvalue weighted by molar-refractivity contribution is 5.10. The highest BCUT2D eigenvalue weighted by Crippen LogP contribution is 2.37. The van der Waals surface area contributed by atoms with Crippen LogP contribution in [-0.2, 0) is 9.47 Å². The summed E-state index contributed by atoms with van der Waals surface area (Å²) < 4.78 is 11.7. The van der Waals surface area contributed by atoms with Crippen molar-refractivity contribution in [1.29, 1.82) is 0 Å². The van der Waals surface area contributed by atoms with E-state index in [1.54, 1.807) is 0 Å². The second kappa shape index (κ2) is 4.89. The fourth-order valence-electron chi connectivity index (χ4n) is 2.91. The zero-order valence-electron chi connectivity index (χ0n) is 10.8. The Kier molecular flexibility index (Phi) is 3.70. The van der Waals surface area contributed by atoms with Crippen LogP contribution in [-0.4, -0.2) is 19.0 Å². The Labute approximate surface area is 99.0 Å². The van der Waals surface area contributed by atoms with Gasteiger partial charge in [0.25, 0.3) is 0 Å². The number of hydrogen-bond donors (Lipinski definition) is 0. The highest BCUT2D eigenvalue weighted by Gasteiger charge is 2.29. The van der Waals surface area contributed by atoms with Crippen LogP contribution < -0.4 is 0 Å². The van der Waals surface area contributed by atoms with Gasteiger partial charge in [-0.15, -0.1) is 0 Å². The standard InChI is InChI=1S/C14H24O2/c1-11-8-12(10-14(2,3)9-11)16-13-6-4-5-7-15-13/h8,12-13H,4-7,9-10H2,1-3H3/t12-,13-/m0/s1. The van der Waals surface area contributed by atoms with E-state index in [0.717, 1.165) is 19.4 Å². The lowest BCUT2D eigenvalue weighted by Gasteiger charge is -2.36. The third-order valence-corrected chi connectivity index (χ3v) is 3.45. The van der Waals surface area contributed by atoms with Crippen LogP contribution in [0.25, 0.3) is 0 Å². The number of allylic oxidation sites excluding steroid dienone is 1. The largest absolute Gasteiger partial charge is 0.353 e. The molecule has 92 valence electrons. The van der Waals surface area contributed by atoms with Gasteiger partial charge in [-0.05, 0) is 44.4 Å². The van der Waals surface area contributed by atoms with E-state index in [2.05, 4.69) is 26.8 Å². The first-order chi connectivity index (χ1) is 7.55. The fraction of sp³-hybridized carbons (Fsp3) is 0.857. The summed E-state index contributed by atoms with van der Waals surface area (Å²) in [7, 11) is 0. The zero-order chi connectivity index (χ0) is 11.6. The number of rotatable bonds is 2. The molecule has 0 aromatic heterocycles. The molecular weight excluding hydrogens is 200 g/mol. The van der Waals surface area contributed by atoms with E-state index in [-0.39, 0.29) is 12.4 Å². The highest BCUT2D eigenvalue weighted by atomic mass is 16.7. The molecule has 0 unspecified atom stereocenters. The molecule has 1 saturated heterocycles. The van der Waals surface area contributed by atoms with Crippen LogP contribution >= 0.6 is 0 Å². The first kappa shape index (κ1) is 12.1. The van der Waals surface area contributed by atoms with E-state index in [1.807, 2.05) is 0 Å². The van der Waals surface area contributed by atoms with Gasteiger partial charge >= 0.3 is 0 Å². The van der Waals surface area contributed by atoms with Crippen LogP contribution in [0.2, 0.25) is 0 Å². The summed E-state index contributed by atoms with van der Waals surface area (Å²) in [6.07, 6.45) is 8.37. The van der Waals surface area contributed by atoms with E-state index in [4.69, 9.17) is 9.47 Å². The van der Waals surface area contributed by atoms with Crippen LogP contribution in [0.3, 0.4) is 0 Å². The molecule has 1 heterocycles. The topological polar surface area (TPSA) is 18.5 Å². The van der Waals surface area contributed by atoms with Gasteiger partial charge in [0, 0.05) is 6.61 Å². The molecule has 2 atom stereocenters. The molecule has 0 spiro atoms. The monoisotopic (exact) mass is 224 g/mol. The van der Waals surface area contributed by atoms with Gasteiger partial charge in [0.05, 0.1) is 6.10 Å². The van der Waals surface area contributed by atoms with Crippen molar-refractivity contribution in [1.82, 2.24) is 0 Å². The second-order valence-corrected chi connectivity index (χ2v) is 6.03. The molecule has 0 N–H and O–H groups in total. The lowest BCUT2D eigenvalue weighted by molar-refractivity contribution is -0.184. The molecule has 2 heteroatoms. The SMILES string of the molecule is CC1=C[C@H](O[C@H]2CCCCO2)CC(C)(C)C1. The lowest BCUT2D eigenvalue weighted by atomic mass is 9.76. The van der Waals surface area contributed by atoms with Gasteiger partial charge in [-0.1, -0.05) is 25.5 Å². The quantitative estimate of drug-likeness (QED) is 0.666. The fourth-order valence-corrected chi connectivity index (χ4v) is 2.91. The zero-order valence-corrected chi connectivity index (χ0v) is 10.8. The van der Waals surface area contributed by atoms with Crippen molar-refractivity contribution in [2.75, 3.05) is 6.61 Å². The average Bonchev–Trinajstić information content (AvgIpc) is 2.15. The molecule has 1 fully saturated rings. The van der Waals surface area contributed by atoms with E-state index in [9.17, 15) is 0 Å². The van der Waals surface area contributed by atoms with E-state index in [0.29, 0.717) is 5.41 Å². The van der Waals surface area contributed by atoms with Gasteiger partial charge in [0.15, 0.2) is 6.29 Å². The van der Waals surface area contributed by atoms with Gasteiger partial charge in [-0.25, -0.2) is 0 Å². The van der Waals surface area contributed by atoms with Crippen molar-refractivity contribution in [2.24, 2.45) is 5.41 Å². The first-order valence-corrected chi connectivity index (χ1v) is 6.49. The van der Waals surface area contributed by atoms with Crippen LogP contribution in [0, 0.1) is 5.41 Å². The molecule has 0 aromatic rings. The third-order valence-electron chi connectivity index (χ3n) is 3.45. The molecule has 0 aromatic carbocycles. The molecule has 0 amide bonds. The Bertz CT molecular complexity index is 262. The maximum atomic E-state index is 6.04. The molecule has 2 nitrogen and oxygen atoms in total. The van der Waals surface area contributed by atoms with Crippen LogP contribution in [0.5, 0.6) is 0 Å². The maximum Gasteiger partial charge on any atom is 0.158 e. The van der Waals surface area contributed by atoms with E-state index >= 15 is 0 Å². The Hall–Kier alpha value is -0.340. The summed E-state index contributed by atoms with van der Waals surface area (Å²) in [4.78, 5) is 0. The maximum absolute atomic E-state index is 6.04. The summed E-state index contributed by atoms with van der Waals surface area (Å²) in [6, 6.07) is 0. The minimum Gasteiger partial charge on any atom is -0.353 e. The molecule has 0 bridgehead atoms. The van der Waals surface area contributed by atoms with Crippen molar-refractivity contribution in [2.45, 2.75) is 65.3 Å². The van der Waals surface area contributed by atoms with Gasteiger partial charge in [-0.2, -0.15) is 0 Å². The van der Waals surface area contributed by atoms with Crippen LogP contribution in [0.15, 0.2) is 11.6 Å². The van der Waals surface area contributed by atoms with Gasteiger partial charge < -0.3 is 9.47 Å².